The third-order valence-electron chi connectivity index (χ3n) is 3.34. The number of nitrogens with one attached hydrogen (secondary N) is 2. The average Bonchev–Trinajstić information content (AvgIpc) is 2.55. The maximum Gasteiger partial charge on any atom is 0.320 e. The van der Waals surface area contributed by atoms with E-state index in [9.17, 15) is 9.59 Å². The van der Waals surface area contributed by atoms with Crippen LogP contribution in [0.4, 0.5) is 10.5 Å². The van der Waals surface area contributed by atoms with Crippen LogP contribution in [0.2, 0.25) is 5.02 Å². The van der Waals surface area contributed by atoms with Gasteiger partial charge >= 0.3 is 6.03 Å². The van der Waals surface area contributed by atoms with E-state index in [1.54, 1.807) is 18.2 Å². The molecule has 6 nitrogen and oxygen atoms in total. The van der Waals surface area contributed by atoms with E-state index >= 15 is 0 Å². The van der Waals surface area contributed by atoms with Crippen LogP contribution >= 0.6 is 11.6 Å². The van der Waals surface area contributed by atoms with Gasteiger partial charge in [-0.1, -0.05) is 41.9 Å². The van der Waals surface area contributed by atoms with Crippen molar-refractivity contribution in [3.63, 3.8) is 0 Å². The second-order valence-electron chi connectivity index (χ2n) is 5.09. The van der Waals surface area contributed by atoms with Crippen molar-refractivity contribution < 1.29 is 14.3 Å². The van der Waals surface area contributed by atoms with Gasteiger partial charge in [-0.15, -0.1) is 0 Å². The summed E-state index contributed by atoms with van der Waals surface area (Å²) >= 11 is 5.92. The number of carbonyl (C=O) groups excluding carboxylic acids is 2. The first-order valence-corrected chi connectivity index (χ1v) is 7.61. The SMILES string of the molecule is COc1ccc(Cl)cc1NC(=O)NC(Cc1ccccc1)C(N)=O. The Hall–Kier alpha value is -2.73. The van der Waals surface area contributed by atoms with Crippen LogP contribution in [0.15, 0.2) is 48.5 Å². The lowest BCUT2D eigenvalue weighted by Crippen LogP contribution is -2.47. The summed E-state index contributed by atoms with van der Waals surface area (Å²) in [6.45, 7) is 0. The number of primary amides is 1. The van der Waals surface area contributed by atoms with Gasteiger partial charge in [0.25, 0.3) is 0 Å². The molecule has 0 aliphatic rings. The van der Waals surface area contributed by atoms with Gasteiger partial charge in [0.2, 0.25) is 5.91 Å². The normalized spacial score (nSPS) is 11.4. The van der Waals surface area contributed by atoms with Gasteiger partial charge in [-0.3, -0.25) is 4.79 Å². The summed E-state index contributed by atoms with van der Waals surface area (Å²) in [6, 6.07) is 12.7. The summed E-state index contributed by atoms with van der Waals surface area (Å²) in [6.07, 6.45) is 0.302. The van der Waals surface area contributed by atoms with Gasteiger partial charge in [-0.25, -0.2) is 4.79 Å². The van der Waals surface area contributed by atoms with Crippen molar-refractivity contribution in [3.05, 3.63) is 59.1 Å². The van der Waals surface area contributed by atoms with E-state index in [0.29, 0.717) is 22.9 Å². The third-order valence-corrected chi connectivity index (χ3v) is 3.58. The minimum absolute atomic E-state index is 0.302. The molecule has 4 N–H and O–H groups in total. The lowest BCUT2D eigenvalue weighted by Gasteiger charge is -2.17. The predicted octanol–water partition coefficient (Wildman–Crippen LogP) is 2.57. The van der Waals surface area contributed by atoms with Crippen LogP contribution in [-0.4, -0.2) is 25.1 Å². The topological polar surface area (TPSA) is 93.4 Å². The number of rotatable bonds is 6. The second kappa shape index (κ2) is 8.21. The Bertz CT molecular complexity index is 722. The highest BCUT2D eigenvalue weighted by Gasteiger charge is 2.19. The zero-order valence-electron chi connectivity index (χ0n) is 13.1. The van der Waals surface area contributed by atoms with Gasteiger partial charge in [-0.05, 0) is 23.8 Å². The highest BCUT2D eigenvalue weighted by atomic mass is 35.5. The molecule has 24 heavy (non-hydrogen) atoms. The number of anilines is 1. The number of amides is 3. The minimum Gasteiger partial charge on any atom is -0.495 e. The van der Waals surface area contributed by atoms with Gasteiger partial charge in [-0.2, -0.15) is 0 Å². The third kappa shape index (κ3) is 4.89. The standard InChI is InChI=1S/C17H18ClN3O3/c1-24-15-8-7-12(18)10-13(15)20-17(23)21-14(16(19)22)9-11-5-3-2-4-6-11/h2-8,10,14H,9H2,1H3,(H2,19,22)(H2,20,21,23). The molecule has 2 aromatic rings. The molecule has 0 aliphatic carbocycles. The number of ether oxygens (including phenoxy) is 1. The maximum atomic E-state index is 12.2. The Morgan fingerprint density at radius 3 is 2.54 bits per heavy atom. The van der Waals surface area contributed by atoms with Crippen LogP contribution in [0.25, 0.3) is 0 Å². The molecule has 0 bridgehead atoms. The van der Waals surface area contributed by atoms with E-state index in [1.165, 1.54) is 7.11 Å². The largest absolute Gasteiger partial charge is 0.495 e. The summed E-state index contributed by atoms with van der Waals surface area (Å²) < 4.78 is 5.16. The van der Waals surface area contributed by atoms with E-state index in [4.69, 9.17) is 22.1 Å². The summed E-state index contributed by atoms with van der Waals surface area (Å²) in [4.78, 5) is 23.8. The molecule has 0 heterocycles. The fraction of sp³-hybridized carbons (Fsp3) is 0.176. The van der Waals surface area contributed by atoms with Gasteiger partial charge in [0, 0.05) is 11.4 Å². The number of halogens is 1. The second-order valence-corrected chi connectivity index (χ2v) is 5.52. The summed E-state index contributed by atoms with van der Waals surface area (Å²) in [5.41, 5.74) is 6.66. The van der Waals surface area contributed by atoms with Crippen LogP contribution in [0.5, 0.6) is 5.75 Å². The highest BCUT2D eigenvalue weighted by Crippen LogP contribution is 2.27. The molecule has 0 saturated carbocycles. The van der Waals surface area contributed by atoms with E-state index in [0.717, 1.165) is 5.56 Å². The molecule has 0 fully saturated rings. The molecular formula is C17H18ClN3O3. The molecule has 2 aromatic carbocycles. The smallest absolute Gasteiger partial charge is 0.320 e. The van der Waals surface area contributed by atoms with Crippen molar-refractivity contribution in [1.82, 2.24) is 5.32 Å². The van der Waals surface area contributed by atoms with Crippen molar-refractivity contribution >= 4 is 29.2 Å². The lowest BCUT2D eigenvalue weighted by atomic mass is 10.1. The fourth-order valence-corrected chi connectivity index (χ4v) is 2.34. The first-order chi connectivity index (χ1) is 11.5. The van der Waals surface area contributed by atoms with Crippen LogP contribution < -0.4 is 21.1 Å². The molecule has 1 atom stereocenters. The Kier molecular flexibility index (Phi) is 6.03. The van der Waals surface area contributed by atoms with E-state index < -0.39 is 18.0 Å². The Morgan fingerprint density at radius 2 is 1.92 bits per heavy atom. The first kappa shape index (κ1) is 17.6. The van der Waals surface area contributed by atoms with Crippen molar-refractivity contribution in [3.8, 4) is 5.75 Å². The molecule has 0 aliphatic heterocycles. The Morgan fingerprint density at radius 1 is 1.21 bits per heavy atom. The molecule has 0 radical (unpaired) electrons. The molecule has 0 saturated heterocycles. The molecule has 2 rings (SSSR count). The number of urea groups is 1. The molecule has 1 unspecified atom stereocenters. The quantitative estimate of drug-likeness (QED) is 0.749. The zero-order valence-corrected chi connectivity index (χ0v) is 13.8. The van der Waals surface area contributed by atoms with Crippen molar-refractivity contribution in [1.29, 1.82) is 0 Å². The van der Waals surface area contributed by atoms with E-state index in [2.05, 4.69) is 10.6 Å². The van der Waals surface area contributed by atoms with Gasteiger partial charge < -0.3 is 21.1 Å². The van der Waals surface area contributed by atoms with Crippen molar-refractivity contribution in [2.45, 2.75) is 12.5 Å². The Balaban J connectivity index is 2.06. The number of methoxy groups -OCH3 is 1. The maximum absolute atomic E-state index is 12.2. The zero-order chi connectivity index (χ0) is 17.5. The number of hydrogen-bond acceptors (Lipinski definition) is 3. The van der Waals surface area contributed by atoms with Crippen LogP contribution in [-0.2, 0) is 11.2 Å². The highest BCUT2D eigenvalue weighted by molar-refractivity contribution is 6.31. The fourth-order valence-electron chi connectivity index (χ4n) is 2.17. The number of nitrogens with two attached hydrogens (primary N) is 1. The average molecular weight is 348 g/mol. The molecule has 0 aromatic heterocycles. The first-order valence-electron chi connectivity index (χ1n) is 7.24. The van der Waals surface area contributed by atoms with E-state index in [-0.39, 0.29) is 0 Å². The summed E-state index contributed by atoms with van der Waals surface area (Å²) in [5, 5.41) is 5.61. The van der Waals surface area contributed by atoms with Crippen LogP contribution in [0.1, 0.15) is 5.56 Å². The summed E-state index contributed by atoms with van der Waals surface area (Å²) in [5.74, 6) is -0.166. The van der Waals surface area contributed by atoms with Gasteiger partial charge in [0.05, 0.1) is 12.8 Å². The van der Waals surface area contributed by atoms with E-state index in [1.807, 2.05) is 30.3 Å². The summed E-state index contributed by atoms with van der Waals surface area (Å²) in [7, 11) is 1.48. The van der Waals surface area contributed by atoms with Crippen molar-refractivity contribution in [2.24, 2.45) is 5.73 Å². The molecule has 7 heteroatoms. The predicted molar refractivity (Wildman–Crippen MR) is 93.3 cm³/mol. The molecular weight excluding hydrogens is 330 g/mol. The van der Waals surface area contributed by atoms with Crippen LogP contribution in [0, 0.1) is 0 Å². The van der Waals surface area contributed by atoms with Crippen LogP contribution in [0.3, 0.4) is 0 Å². The number of carbonyl (C=O) groups is 2. The molecule has 126 valence electrons. The van der Waals surface area contributed by atoms with Gasteiger partial charge in [0.15, 0.2) is 0 Å². The van der Waals surface area contributed by atoms with Crippen molar-refractivity contribution in [2.75, 3.05) is 12.4 Å². The molecule has 0 spiro atoms. The number of hydrogen-bond donors (Lipinski definition) is 3. The monoisotopic (exact) mass is 347 g/mol. The van der Waals surface area contributed by atoms with Gasteiger partial charge in [0.1, 0.15) is 11.8 Å². The Labute approximate surface area is 144 Å². The minimum atomic E-state index is -0.836. The number of benzene rings is 2. The lowest BCUT2D eigenvalue weighted by molar-refractivity contribution is -0.119. The molecule has 3 amide bonds.